The zero-order valence-electron chi connectivity index (χ0n) is 24.6. The predicted octanol–water partition coefficient (Wildman–Crippen LogP) is 8.09. The molecule has 0 saturated heterocycles. The zero-order chi connectivity index (χ0) is 27.0. The van der Waals surface area contributed by atoms with Crippen LogP contribution in [-0.2, 0) is 21.2 Å². The van der Waals surface area contributed by atoms with Gasteiger partial charge in [-0.1, -0.05) is 70.0 Å². The van der Waals surface area contributed by atoms with Crippen molar-refractivity contribution in [3.8, 4) is 0 Å². The number of hydrogen-bond donors (Lipinski definition) is 0. The first-order valence-electron chi connectivity index (χ1n) is 12.9. The lowest BCUT2D eigenvalue weighted by molar-refractivity contribution is -0.0112. The van der Waals surface area contributed by atoms with E-state index in [2.05, 4.69) is 106 Å². The van der Waals surface area contributed by atoms with Crippen molar-refractivity contribution in [1.82, 2.24) is 4.90 Å². The van der Waals surface area contributed by atoms with Crippen LogP contribution in [0.25, 0.3) is 0 Å². The maximum Gasteiger partial charge on any atom is 0.254 e. The Labute approximate surface area is 215 Å². The lowest BCUT2D eigenvalue weighted by Crippen LogP contribution is -2.42. The molecule has 0 radical (unpaired) electrons. The van der Waals surface area contributed by atoms with E-state index in [0.29, 0.717) is 0 Å². The number of rotatable bonds is 7. The van der Waals surface area contributed by atoms with Crippen molar-refractivity contribution in [3.05, 3.63) is 69.8 Å². The molecule has 3 nitrogen and oxygen atoms in total. The molecular formula is C32H49NO2. The Morgan fingerprint density at radius 1 is 0.743 bits per heavy atom. The number of benzene rings is 2. The molecule has 3 heteroatoms. The number of ether oxygens (including phenoxy) is 1. The normalized spacial score (nSPS) is 14.5. The molecule has 0 aromatic heterocycles. The largest absolute Gasteiger partial charge is 0.374 e. The molecule has 2 aromatic rings. The Morgan fingerprint density at radius 3 is 1.77 bits per heavy atom. The van der Waals surface area contributed by atoms with Crippen LogP contribution in [0, 0.1) is 13.8 Å². The predicted molar refractivity (Wildman–Crippen MR) is 150 cm³/mol. The third kappa shape index (κ3) is 6.97. The van der Waals surface area contributed by atoms with Gasteiger partial charge < -0.3 is 9.64 Å². The van der Waals surface area contributed by atoms with E-state index in [0.717, 1.165) is 24.0 Å². The van der Waals surface area contributed by atoms with Gasteiger partial charge in [-0.05, 0) is 94.0 Å². The summed E-state index contributed by atoms with van der Waals surface area (Å²) in [5, 5.41) is 0. The van der Waals surface area contributed by atoms with Crippen LogP contribution in [0.2, 0.25) is 0 Å². The van der Waals surface area contributed by atoms with Gasteiger partial charge >= 0.3 is 0 Å². The second-order valence-corrected chi connectivity index (χ2v) is 13.3. The van der Waals surface area contributed by atoms with Crippen LogP contribution < -0.4 is 0 Å². The van der Waals surface area contributed by atoms with Gasteiger partial charge in [0, 0.05) is 25.3 Å². The van der Waals surface area contributed by atoms with E-state index in [-0.39, 0.29) is 22.3 Å². The summed E-state index contributed by atoms with van der Waals surface area (Å²) in [6, 6.07) is 13.2. The van der Waals surface area contributed by atoms with Crippen molar-refractivity contribution in [2.45, 2.75) is 111 Å². The average Bonchev–Trinajstić information content (AvgIpc) is 2.74. The quantitative estimate of drug-likeness (QED) is 0.401. The van der Waals surface area contributed by atoms with Crippen LogP contribution in [-0.4, -0.2) is 30.5 Å². The van der Waals surface area contributed by atoms with Crippen LogP contribution in [0.1, 0.15) is 113 Å². The van der Waals surface area contributed by atoms with Crippen molar-refractivity contribution < 1.29 is 9.53 Å². The molecule has 1 atom stereocenters. The molecule has 0 aliphatic carbocycles. The highest BCUT2D eigenvalue weighted by Crippen LogP contribution is 2.39. The van der Waals surface area contributed by atoms with Crippen molar-refractivity contribution in [3.63, 3.8) is 0 Å². The van der Waals surface area contributed by atoms with Crippen LogP contribution in [0.5, 0.6) is 0 Å². The second kappa shape index (κ2) is 10.1. The highest BCUT2D eigenvalue weighted by atomic mass is 16.5. The maximum absolute atomic E-state index is 13.2. The van der Waals surface area contributed by atoms with E-state index in [1.807, 2.05) is 25.1 Å². The molecule has 0 aliphatic rings. The molecule has 194 valence electrons. The van der Waals surface area contributed by atoms with Crippen LogP contribution >= 0.6 is 0 Å². The van der Waals surface area contributed by atoms with Crippen LogP contribution in [0.3, 0.4) is 0 Å². The summed E-state index contributed by atoms with van der Waals surface area (Å²) in [6.07, 6.45) is 1.81. The van der Waals surface area contributed by atoms with Crippen molar-refractivity contribution >= 4 is 5.91 Å². The smallest absolute Gasteiger partial charge is 0.254 e. The lowest BCUT2D eigenvalue weighted by Gasteiger charge is -2.35. The Kier molecular flexibility index (Phi) is 8.39. The minimum atomic E-state index is -0.391. The van der Waals surface area contributed by atoms with Crippen molar-refractivity contribution in [2.75, 3.05) is 14.2 Å². The summed E-state index contributed by atoms with van der Waals surface area (Å²) in [5.41, 5.74) is 6.25. The number of hydrogen-bond acceptors (Lipinski definition) is 2. The Morgan fingerprint density at radius 2 is 1.26 bits per heavy atom. The first kappa shape index (κ1) is 29.1. The maximum atomic E-state index is 13.2. The van der Waals surface area contributed by atoms with E-state index in [1.54, 1.807) is 0 Å². The minimum absolute atomic E-state index is 0.0643. The summed E-state index contributed by atoms with van der Waals surface area (Å²) in [5.74, 6) is 0.0643. The summed E-state index contributed by atoms with van der Waals surface area (Å²) in [6.45, 7) is 24.0. The Hall–Kier alpha value is -2.13. The first-order valence-corrected chi connectivity index (χ1v) is 12.9. The van der Waals surface area contributed by atoms with Crippen LogP contribution in [0.4, 0.5) is 0 Å². The van der Waals surface area contributed by atoms with E-state index in [4.69, 9.17) is 4.74 Å². The number of amides is 1. The van der Waals surface area contributed by atoms with Gasteiger partial charge in [-0.3, -0.25) is 4.79 Å². The average molecular weight is 480 g/mol. The summed E-state index contributed by atoms with van der Waals surface area (Å²) < 4.78 is 6.17. The van der Waals surface area contributed by atoms with E-state index < -0.39 is 5.60 Å². The molecule has 35 heavy (non-hydrogen) atoms. The molecule has 0 heterocycles. The third-order valence-electron chi connectivity index (χ3n) is 7.65. The molecule has 0 fully saturated rings. The fraction of sp³-hybridized carbons (Fsp3) is 0.594. The Bertz CT molecular complexity index is 1050. The molecule has 2 rings (SSSR count). The van der Waals surface area contributed by atoms with E-state index in [1.165, 1.54) is 22.3 Å². The van der Waals surface area contributed by atoms with Gasteiger partial charge in [-0.25, -0.2) is 0 Å². The summed E-state index contributed by atoms with van der Waals surface area (Å²) >= 11 is 0. The molecule has 0 aliphatic heterocycles. The minimum Gasteiger partial charge on any atom is -0.374 e. The monoisotopic (exact) mass is 479 g/mol. The fourth-order valence-electron chi connectivity index (χ4n) is 4.38. The summed E-state index contributed by atoms with van der Waals surface area (Å²) in [4.78, 5) is 15.0. The fourth-order valence-corrected chi connectivity index (χ4v) is 4.38. The topological polar surface area (TPSA) is 29.5 Å². The molecule has 1 amide bonds. The SMILES string of the molecule is COC(C)(CCC(C)(C)c1cc(C)cc(C(=O)N(C)C(C)(C)C)c1)c1cc(C)cc(C(C)(C)C)c1. The first-order chi connectivity index (χ1) is 15.8. The van der Waals surface area contributed by atoms with Gasteiger partial charge in [-0.15, -0.1) is 0 Å². The molecule has 0 bridgehead atoms. The summed E-state index contributed by atoms with van der Waals surface area (Å²) in [7, 11) is 3.70. The Balaban J connectivity index is 2.37. The number of carbonyl (C=O) groups is 1. The van der Waals surface area contributed by atoms with Crippen molar-refractivity contribution in [1.29, 1.82) is 0 Å². The number of methoxy groups -OCH3 is 1. The number of aryl methyl sites for hydroxylation is 2. The lowest BCUT2D eigenvalue weighted by atomic mass is 9.75. The molecular weight excluding hydrogens is 430 g/mol. The van der Waals surface area contributed by atoms with Gasteiger partial charge in [0.15, 0.2) is 0 Å². The standard InChI is InChI=1S/C32H49NO2/c1-22-16-24(28(34)33(12)30(6,7)8)20-26(18-22)31(9,10)14-15-32(11,35-13)27-19-23(2)17-25(21-27)29(3,4)5/h16-21H,14-15H2,1-13H3. The highest BCUT2D eigenvalue weighted by Gasteiger charge is 2.33. The zero-order valence-corrected chi connectivity index (χ0v) is 24.6. The van der Waals surface area contributed by atoms with Gasteiger partial charge in [0.25, 0.3) is 5.91 Å². The van der Waals surface area contributed by atoms with Gasteiger partial charge in [0.05, 0.1) is 5.60 Å². The van der Waals surface area contributed by atoms with E-state index in [9.17, 15) is 4.79 Å². The molecule has 2 aromatic carbocycles. The van der Waals surface area contributed by atoms with Gasteiger partial charge in [-0.2, -0.15) is 0 Å². The van der Waals surface area contributed by atoms with Crippen LogP contribution in [0.15, 0.2) is 36.4 Å². The second-order valence-electron chi connectivity index (χ2n) is 13.3. The van der Waals surface area contributed by atoms with E-state index >= 15 is 0 Å². The molecule has 0 spiro atoms. The highest BCUT2D eigenvalue weighted by molar-refractivity contribution is 5.95. The van der Waals surface area contributed by atoms with Gasteiger partial charge in [0.1, 0.15) is 0 Å². The molecule has 0 N–H and O–H groups in total. The third-order valence-corrected chi connectivity index (χ3v) is 7.65. The molecule has 1 unspecified atom stereocenters. The van der Waals surface area contributed by atoms with Gasteiger partial charge in [0.2, 0.25) is 0 Å². The molecule has 0 saturated carbocycles. The van der Waals surface area contributed by atoms with Crippen molar-refractivity contribution in [2.24, 2.45) is 0 Å². The number of nitrogens with zero attached hydrogens (tertiary/aromatic N) is 1. The number of carbonyl (C=O) groups excluding carboxylic acids is 1.